The number of nitrogens with one attached hydrogen (secondary N) is 1. The highest BCUT2D eigenvalue weighted by Crippen LogP contribution is 2.45. The van der Waals surface area contributed by atoms with E-state index in [4.69, 9.17) is 25.1 Å². The number of aliphatic imine (C=N–C) groups is 1. The second-order valence-electron chi connectivity index (χ2n) is 8.38. The maximum absolute atomic E-state index is 13.6. The smallest absolute Gasteiger partial charge is 0.252 e. The van der Waals surface area contributed by atoms with Gasteiger partial charge in [0, 0.05) is 52.7 Å². The van der Waals surface area contributed by atoms with Gasteiger partial charge in [-0.05, 0) is 41.4 Å². The van der Waals surface area contributed by atoms with Crippen molar-refractivity contribution in [2.75, 3.05) is 20.3 Å². The molecule has 0 bridgehead atoms. The van der Waals surface area contributed by atoms with Gasteiger partial charge in [0.2, 0.25) is 5.90 Å². The van der Waals surface area contributed by atoms with E-state index in [0.29, 0.717) is 41.5 Å². The van der Waals surface area contributed by atoms with Crippen molar-refractivity contribution < 1.29 is 19.4 Å². The molecule has 3 aromatic carbocycles. The van der Waals surface area contributed by atoms with Crippen molar-refractivity contribution in [3.05, 3.63) is 104 Å². The molecule has 0 saturated carbocycles. The number of azide groups is 1. The highest BCUT2D eigenvalue weighted by atomic mass is 79.9. The number of ether oxygens (including phenoxy) is 2. The number of likely N-dealkylation sites (N-methyl/N-ethyl adjacent to an activating group) is 1. The number of carbonyl (C=O) groups is 1. The van der Waals surface area contributed by atoms with Crippen molar-refractivity contribution in [1.29, 1.82) is 0 Å². The number of aliphatic hydroxyl groups excluding tert-OH is 1. The zero-order valence-electron chi connectivity index (χ0n) is 20.2. The first-order chi connectivity index (χ1) is 18.0. The monoisotopic (exact) mass is 563 g/mol. The molecule has 1 amide bonds. The molecule has 1 heterocycles. The number of halogens is 1. The predicted molar refractivity (Wildman–Crippen MR) is 144 cm³/mol. The van der Waals surface area contributed by atoms with E-state index in [0.717, 1.165) is 10.0 Å². The molecule has 1 aliphatic rings. The fourth-order valence-electron chi connectivity index (χ4n) is 4.26. The summed E-state index contributed by atoms with van der Waals surface area (Å²) in [5.41, 5.74) is 10.2. The van der Waals surface area contributed by atoms with Crippen molar-refractivity contribution in [1.82, 2.24) is 5.32 Å². The van der Waals surface area contributed by atoms with Gasteiger partial charge in [0.15, 0.2) is 11.6 Å². The molecule has 2 atom stereocenters. The third-order valence-corrected chi connectivity index (χ3v) is 6.77. The summed E-state index contributed by atoms with van der Waals surface area (Å²) in [5, 5.41) is 15.5. The molecule has 0 aromatic heterocycles. The summed E-state index contributed by atoms with van der Waals surface area (Å²) in [6.45, 7) is 0.464. The quantitative estimate of drug-likeness (QED) is 0.148. The van der Waals surface area contributed by atoms with Gasteiger partial charge in [-0.15, -0.1) is 0 Å². The Kier molecular flexibility index (Phi) is 8.45. The highest BCUT2D eigenvalue weighted by Gasteiger charge is 2.53. The van der Waals surface area contributed by atoms with Crippen molar-refractivity contribution in [3.63, 3.8) is 0 Å². The van der Waals surface area contributed by atoms with Gasteiger partial charge in [0.1, 0.15) is 5.75 Å². The molecule has 190 valence electrons. The van der Waals surface area contributed by atoms with Crippen LogP contribution in [0.3, 0.4) is 0 Å². The van der Waals surface area contributed by atoms with Crippen molar-refractivity contribution >= 4 is 33.4 Å². The summed E-state index contributed by atoms with van der Waals surface area (Å²) in [6.07, 6.45) is -0.0886. The second kappa shape index (κ2) is 11.9. The average molecular weight is 564 g/mol. The third-order valence-electron chi connectivity index (χ3n) is 6.05. The molecule has 0 fully saturated rings. The van der Waals surface area contributed by atoms with E-state index in [1.807, 2.05) is 48.5 Å². The average Bonchev–Trinajstić information content (AvgIpc) is 3.30. The first kappa shape index (κ1) is 26.2. The lowest BCUT2D eigenvalue weighted by Gasteiger charge is -2.31. The van der Waals surface area contributed by atoms with E-state index >= 15 is 0 Å². The Morgan fingerprint density at radius 2 is 1.92 bits per heavy atom. The lowest BCUT2D eigenvalue weighted by atomic mass is 9.81. The molecule has 3 aromatic rings. The Bertz CT molecular complexity index is 1340. The Hall–Kier alpha value is -3.85. The molecular weight excluding hydrogens is 538 g/mol. The van der Waals surface area contributed by atoms with Crippen LogP contribution >= 0.6 is 15.9 Å². The summed E-state index contributed by atoms with van der Waals surface area (Å²) < 4.78 is 12.9. The molecule has 37 heavy (non-hydrogen) atoms. The van der Waals surface area contributed by atoms with Crippen LogP contribution in [-0.4, -0.2) is 42.7 Å². The Labute approximate surface area is 222 Å². The summed E-state index contributed by atoms with van der Waals surface area (Å²) >= 11 is 3.61. The van der Waals surface area contributed by atoms with Crippen molar-refractivity contribution in [3.8, 4) is 5.75 Å². The Balaban J connectivity index is 1.81. The van der Waals surface area contributed by atoms with Gasteiger partial charge in [0.25, 0.3) is 5.91 Å². The van der Waals surface area contributed by atoms with Crippen LogP contribution in [0.15, 0.2) is 87.4 Å². The number of aliphatic hydroxyl groups is 1. The van der Waals surface area contributed by atoms with Gasteiger partial charge in [-0.3, -0.25) is 4.79 Å². The highest BCUT2D eigenvalue weighted by molar-refractivity contribution is 9.10. The Morgan fingerprint density at radius 3 is 2.62 bits per heavy atom. The number of rotatable bonds is 10. The lowest BCUT2D eigenvalue weighted by molar-refractivity contribution is -0.128. The van der Waals surface area contributed by atoms with E-state index < -0.39 is 11.6 Å². The minimum atomic E-state index is -1.38. The summed E-state index contributed by atoms with van der Waals surface area (Å²) in [5.74, 6) is 0.634. The molecule has 0 saturated heterocycles. The first-order valence-corrected chi connectivity index (χ1v) is 12.5. The van der Waals surface area contributed by atoms with Gasteiger partial charge in [-0.25, -0.2) is 4.99 Å². The second-order valence-corrected chi connectivity index (χ2v) is 9.24. The number of hydrogen-bond acceptors (Lipinski definition) is 6. The molecule has 10 heteroatoms. The lowest BCUT2D eigenvalue weighted by Crippen LogP contribution is -2.48. The number of nitrogens with zero attached hydrogens (tertiary/aromatic N) is 4. The summed E-state index contributed by atoms with van der Waals surface area (Å²) in [6, 6.07) is 21.9. The van der Waals surface area contributed by atoms with Crippen molar-refractivity contribution in [2.24, 2.45) is 10.1 Å². The number of amides is 1. The van der Waals surface area contributed by atoms with Crippen LogP contribution in [-0.2, 0) is 16.0 Å². The van der Waals surface area contributed by atoms with Crippen LogP contribution in [0.4, 0.5) is 5.69 Å². The van der Waals surface area contributed by atoms with Gasteiger partial charge < -0.3 is 19.9 Å². The van der Waals surface area contributed by atoms with Gasteiger partial charge in [-0.1, -0.05) is 63.5 Å². The van der Waals surface area contributed by atoms with E-state index in [2.05, 4.69) is 31.3 Å². The standard InChI is InChI=1S/C27H26BrN5O4/c1-30-26(35)27(17-19-7-2-5-10-23(19)32-33-29)24(21-8-3-4-9-22(21)28)37-25(31-27)18-11-13-20(14-12-18)36-16-6-15-34/h2-5,7-14,24,34H,6,15-17H2,1H3,(H,30,35)/t24-,27-/m1/s1. The number of hydrogen-bond donors (Lipinski definition) is 2. The number of benzene rings is 3. The van der Waals surface area contributed by atoms with E-state index in [1.54, 1.807) is 31.3 Å². The van der Waals surface area contributed by atoms with Crippen LogP contribution in [0.25, 0.3) is 10.4 Å². The SMILES string of the molecule is CNC(=O)[C@]1(Cc2ccccc2N=[N+]=[N-])N=C(c2ccc(OCCCO)cc2)O[C@@H]1c1ccccc1Br. The first-order valence-electron chi connectivity index (χ1n) is 11.7. The van der Waals surface area contributed by atoms with Crippen LogP contribution in [0.1, 0.15) is 29.2 Å². The largest absolute Gasteiger partial charge is 0.494 e. The molecule has 1 aliphatic heterocycles. The predicted octanol–water partition coefficient (Wildman–Crippen LogP) is 5.40. The van der Waals surface area contributed by atoms with Gasteiger partial charge >= 0.3 is 0 Å². The van der Waals surface area contributed by atoms with Crippen molar-refractivity contribution in [2.45, 2.75) is 24.5 Å². The normalized spacial score (nSPS) is 18.4. The number of carbonyl (C=O) groups excluding carboxylic acids is 1. The molecular formula is C27H26BrN5O4. The zero-order valence-corrected chi connectivity index (χ0v) is 21.8. The minimum Gasteiger partial charge on any atom is -0.494 e. The van der Waals surface area contributed by atoms with E-state index in [1.165, 1.54) is 0 Å². The van der Waals surface area contributed by atoms with Crippen LogP contribution < -0.4 is 10.1 Å². The van der Waals surface area contributed by atoms with Crippen LogP contribution in [0.5, 0.6) is 5.75 Å². The van der Waals surface area contributed by atoms with E-state index in [-0.39, 0.29) is 18.9 Å². The maximum Gasteiger partial charge on any atom is 0.252 e. The zero-order chi connectivity index (χ0) is 26.3. The van der Waals surface area contributed by atoms with E-state index in [9.17, 15) is 4.79 Å². The third kappa shape index (κ3) is 5.61. The minimum absolute atomic E-state index is 0.0591. The fourth-order valence-corrected chi connectivity index (χ4v) is 4.75. The van der Waals surface area contributed by atoms with Crippen LogP contribution in [0, 0.1) is 0 Å². The summed E-state index contributed by atoms with van der Waals surface area (Å²) in [4.78, 5) is 21.5. The fraction of sp³-hybridized carbons (Fsp3) is 0.259. The van der Waals surface area contributed by atoms with Gasteiger partial charge in [0.05, 0.1) is 6.61 Å². The molecule has 9 nitrogen and oxygen atoms in total. The molecule has 0 radical (unpaired) electrons. The maximum atomic E-state index is 13.6. The molecule has 0 unspecified atom stereocenters. The van der Waals surface area contributed by atoms with Crippen LogP contribution in [0.2, 0.25) is 0 Å². The topological polar surface area (TPSA) is 129 Å². The van der Waals surface area contributed by atoms with Gasteiger partial charge in [-0.2, -0.15) is 0 Å². The molecule has 0 spiro atoms. The Morgan fingerprint density at radius 1 is 1.19 bits per heavy atom. The molecule has 2 N–H and O–H groups in total. The molecule has 4 rings (SSSR count). The summed E-state index contributed by atoms with van der Waals surface area (Å²) in [7, 11) is 1.56. The molecule has 0 aliphatic carbocycles.